The molecule has 0 aliphatic heterocycles. The van der Waals surface area contributed by atoms with Crippen LogP contribution in [0.5, 0.6) is 0 Å². The molecule has 0 atom stereocenters. The summed E-state index contributed by atoms with van der Waals surface area (Å²) in [5.41, 5.74) is 1.92. The van der Waals surface area contributed by atoms with Gasteiger partial charge in [0.05, 0.1) is 0 Å². The van der Waals surface area contributed by atoms with Crippen molar-refractivity contribution in [1.82, 2.24) is 0 Å². The highest BCUT2D eigenvalue weighted by atomic mass is 79.9. The average Bonchev–Trinajstić information content (AvgIpc) is 2.28. The van der Waals surface area contributed by atoms with Crippen LogP contribution in [0.1, 0.15) is 25.7 Å². The Morgan fingerprint density at radius 2 is 2.06 bits per heavy atom. The molecule has 1 saturated carbocycles. The zero-order chi connectivity index (χ0) is 11.4. The van der Waals surface area contributed by atoms with Crippen LogP contribution in [-0.4, -0.2) is 5.78 Å². The first-order valence-corrected chi connectivity index (χ1v) is 6.29. The summed E-state index contributed by atoms with van der Waals surface area (Å²) in [6.07, 6.45) is 5.61. The molecule has 0 radical (unpaired) electrons. The van der Waals surface area contributed by atoms with Crippen LogP contribution in [-0.2, 0) is 4.79 Å². The largest absolute Gasteiger partial charge is 0.361 e. The van der Waals surface area contributed by atoms with Gasteiger partial charge in [0, 0.05) is 28.4 Å². The van der Waals surface area contributed by atoms with E-state index >= 15 is 0 Å². The Morgan fingerprint density at radius 1 is 1.25 bits per heavy atom. The van der Waals surface area contributed by atoms with Crippen molar-refractivity contribution in [3.05, 3.63) is 40.5 Å². The number of halogens is 1. The number of ketones is 1. The van der Waals surface area contributed by atoms with E-state index in [1.165, 1.54) is 0 Å². The second-order valence-corrected chi connectivity index (χ2v) is 4.87. The van der Waals surface area contributed by atoms with Crippen molar-refractivity contribution in [3.8, 4) is 0 Å². The van der Waals surface area contributed by atoms with Crippen molar-refractivity contribution in [1.29, 1.82) is 0 Å². The number of benzene rings is 1. The third-order valence-corrected chi connectivity index (χ3v) is 3.19. The molecule has 3 heteroatoms. The van der Waals surface area contributed by atoms with Gasteiger partial charge in [-0.2, -0.15) is 0 Å². The molecule has 84 valence electrons. The first-order chi connectivity index (χ1) is 7.75. The first kappa shape index (κ1) is 11.4. The normalized spacial score (nSPS) is 18.8. The molecule has 0 amide bonds. The summed E-state index contributed by atoms with van der Waals surface area (Å²) in [4.78, 5) is 11.6. The van der Waals surface area contributed by atoms with Crippen LogP contribution in [0.2, 0.25) is 0 Å². The molecular formula is C13H14BrNO. The molecule has 1 fully saturated rings. The van der Waals surface area contributed by atoms with Crippen LogP contribution in [0, 0.1) is 0 Å². The van der Waals surface area contributed by atoms with E-state index in [4.69, 9.17) is 0 Å². The maximum Gasteiger partial charge on any atom is 0.160 e. The second-order valence-electron chi connectivity index (χ2n) is 3.95. The van der Waals surface area contributed by atoms with E-state index in [1.54, 1.807) is 0 Å². The van der Waals surface area contributed by atoms with Gasteiger partial charge in [-0.1, -0.05) is 22.0 Å². The number of allylic oxidation sites excluding steroid dienone is 1. The summed E-state index contributed by atoms with van der Waals surface area (Å²) in [6, 6.07) is 7.91. The quantitative estimate of drug-likeness (QED) is 0.833. The Hall–Kier alpha value is -1.09. The third-order valence-electron chi connectivity index (χ3n) is 2.70. The van der Waals surface area contributed by atoms with E-state index in [9.17, 15) is 4.79 Å². The topological polar surface area (TPSA) is 29.1 Å². The van der Waals surface area contributed by atoms with Gasteiger partial charge in [-0.25, -0.2) is 0 Å². The minimum absolute atomic E-state index is 0.286. The number of Topliss-reactive ketones (excluding diaryl/α,β-unsaturated/α-hetero) is 1. The van der Waals surface area contributed by atoms with Gasteiger partial charge in [-0.15, -0.1) is 0 Å². The molecule has 1 N–H and O–H groups in total. The Morgan fingerprint density at radius 3 is 2.81 bits per heavy atom. The number of carbonyl (C=O) groups excluding carboxylic acids is 1. The van der Waals surface area contributed by atoms with E-state index < -0.39 is 0 Å². The predicted octanol–water partition coefficient (Wildman–Crippen LogP) is 3.89. The van der Waals surface area contributed by atoms with Gasteiger partial charge in [-0.05, 0) is 37.5 Å². The fourth-order valence-corrected chi connectivity index (χ4v) is 2.20. The van der Waals surface area contributed by atoms with Gasteiger partial charge in [0.15, 0.2) is 5.78 Å². The van der Waals surface area contributed by atoms with Crippen molar-refractivity contribution < 1.29 is 4.79 Å². The lowest BCUT2D eigenvalue weighted by atomic mass is 9.94. The highest BCUT2D eigenvalue weighted by Crippen LogP contribution is 2.21. The van der Waals surface area contributed by atoms with E-state index in [2.05, 4.69) is 21.2 Å². The van der Waals surface area contributed by atoms with Crippen molar-refractivity contribution >= 4 is 27.4 Å². The van der Waals surface area contributed by atoms with Gasteiger partial charge < -0.3 is 5.32 Å². The van der Waals surface area contributed by atoms with Gasteiger partial charge in [0.1, 0.15) is 0 Å². The van der Waals surface area contributed by atoms with Crippen LogP contribution in [0.15, 0.2) is 40.5 Å². The Bertz CT molecular complexity index is 426. The molecule has 0 heterocycles. The Balaban J connectivity index is 2.05. The van der Waals surface area contributed by atoms with Crippen molar-refractivity contribution in [3.63, 3.8) is 0 Å². The number of rotatable bonds is 2. The SMILES string of the molecule is O=C1CCCC/C1=C\Nc1cccc(Br)c1. The number of anilines is 1. The van der Waals surface area contributed by atoms with Gasteiger partial charge in [-0.3, -0.25) is 4.79 Å². The van der Waals surface area contributed by atoms with E-state index in [1.807, 2.05) is 30.5 Å². The van der Waals surface area contributed by atoms with Crippen LogP contribution >= 0.6 is 15.9 Å². The Kier molecular flexibility index (Phi) is 3.78. The average molecular weight is 280 g/mol. The molecule has 0 saturated heterocycles. The molecule has 1 aromatic rings. The lowest BCUT2D eigenvalue weighted by Crippen LogP contribution is -2.09. The zero-order valence-electron chi connectivity index (χ0n) is 9.00. The molecule has 1 aliphatic rings. The van der Waals surface area contributed by atoms with E-state index in [0.29, 0.717) is 6.42 Å². The van der Waals surface area contributed by atoms with Crippen molar-refractivity contribution in [2.24, 2.45) is 0 Å². The van der Waals surface area contributed by atoms with Gasteiger partial charge in [0.25, 0.3) is 0 Å². The molecule has 0 bridgehead atoms. The van der Waals surface area contributed by atoms with Crippen molar-refractivity contribution in [2.75, 3.05) is 5.32 Å². The highest BCUT2D eigenvalue weighted by Gasteiger charge is 2.14. The van der Waals surface area contributed by atoms with Crippen LogP contribution in [0.25, 0.3) is 0 Å². The van der Waals surface area contributed by atoms with Crippen LogP contribution in [0.3, 0.4) is 0 Å². The number of nitrogens with one attached hydrogen (secondary N) is 1. The maximum atomic E-state index is 11.6. The monoisotopic (exact) mass is 279 g/mol. The first-order valence-electron chi connectivity index (χ1n) is 5.50. The highest BCUT2D eigenvalue weighted by molar-refractivity contribution is 9.10. The number of hydrogen-bond donors (Lipinski definition) is 1. The summed E-state index contributed by atoms with van der Waals surface area (Å²) in [7, 11) is 0. The predicted molar refractivity (Wildman–Crippen MR) is 69.3 cm³/mol. The smallest absolute Gasteiger partial charge is 0.160 e. The summed E-state index contributed by atoms with van der Waals surface area (Å²) in [5, 5.41) is 3.17. The fourth-order valence-electron chi connectivity index (χ4n) is 1.80. The minimum Gasteiger partial charge on any atom is -0.361 e. The fraction of sp³-hybridized carbons (Fsp3) is 0.308. The number of hydrogen-bond acceptors (Lipinski definition) is 2. The summed E-state index contributed by atoms with van der Waals surface area (Å²) in [5.74, 6) is 0.286. The van der Waals surface area contributed by atoms with Crippen molar-refractivity contribution in [2.45, 2.75) is 25.7 Å². The van der Waals surface area contributed by atoms with Crippen LogP contribution < -0.4 is 5.32 Å². The summed E-state index contributed by atoms with van der Waals surface area (Å²) < 4.78 is 1.03. The lowest BCUT2D eigenvalue weighted by Gasteiger charge is -2.12. The molecule has 0 aromatic heterocycles. The maximum absolute atomic E-state index is 11.6. The van der Waals surface area contributed by atoms with Crippen LogP contribution in [0.4, 0.5) is 5.69 Å². The van der Waals surface area contributed by atoms with E-state index in [0.717, 1.165) is 35.0 Å². The lowest BCUT2D eigenvalue weighted by molar-refractivity contribution is -0.116. The molecule has 0 unspecified atom stereocenters. The molecule has 2 nitrogen and oxygen atoms in total. The molecular weight excluding hydrogens is 266 g/mol. The Labute approximate surface area is 104 Å². The molecule has 16 heavy (non-hydrogen) atoms. The second kappa shape index (κ2) is 5.30. The molecule has 1 aliphatic carbocycles. The zero-order valence-corrected chi connectivity index (χ0v) is 10.6. The third kappa shape index (κ3) is 2.95. The molecule has 0 spiro atoms. The molecule has 1 aromatic carbocycles. The summed E-state index contributed by atoms with van der Waals surface area (Å²) in [6.45, 7) is 0. The summed E-state index contributed by atoms with van der Waals surface area (Å²) >= 11 is 3.41. The van der Waals surface area contributed by atoms with Gasteiger partial charge >= 0.3 is 0 Å². The van der Waals surface area contributed by atoms with Gasteiger partial charge in [0.2, 0.25) is 0 Å². The standard InChI is InChI=1S/C13H14BrNO/c14-11-5-3-6-12(8-11)15-9-10-4-1-2-7-13(10)16/h3,5-6,8-9,15H,1-2,4,7H2/b10-9+. The van der Waals surface area contributed by atoms with E-state index in [-0.39, 0.29) is 5.78 Å². The number of carbonyl (C=O) groups is 1. The minimum atomic E-state index is 0.286. The molecule has 2 rings (SSSR count).